The average molecular weight is 144 g/mol. The Bertz CT molecular complexity index is 302. The molecule has 0 aliphatic carbocycles. The van der Waals surface area contributed by atoms with Crippen LogP contribution in [0.1, 0.15) is 18.1 Å². The molecule has 0 aliphatic heterocycles. The maximum atomic E-state index is 3.62. The molecule has 0 atom stereocenters. The molecule has 0 spiro atoms. The number of hydrogen-bond acceptors (Lipinski definition) is 0. The Labute approximate surface area is 67.9 Å². The van der Waals surface area contributed by atoms with Gasteiger partial charge in [-0.3, -0.25) is 0 Å². The van der Waals surface area contributed by atoms with Crippen LogP contribution in [0.5, 0.6) is 0 Å². The summed E-state index contributed by atoms with van der Waals surface area (Å²) in [6, 6.07) is 8.25. The van der Waals surface area contributed by atoms with E-state index in [2.05, 4.69) is 31.4 Å². The van der Waals surface area contributed by atoms with Gasteiger partial charge in [-0.2, -0.15) is 0 Å². The van der Waals surface area contributed by atoms with Crippen LogP contribution < -0.4 is 0 Å². The van der Waals surface area contributed by atoms with Crippen LogP contribution in [0, 0.1) is 6.92 Å². The lowest BCUT2D eigenvalue weighted by atomic mass is 10.0. The van der Waals surface area contributed by atoms with Crippen LogP contribution in [0.15, 0.2) is 36.6 Å². The Morgan fingerprint density at radius 3 is 2.55 bits per heavy atom. The molecule has 0 fully saturated rings. The molecular formula is C11H12. The van der Waals surface area contributed by atoms with Crippen molar-refractivity contribution in [1.82, 2.24) is 0 Å². The quantitative estimate of drug-likeness (QED) is 0.531. The van der Waals surface area contributed by atoms with Gasteiger partial charge in [-0.05, 0) is 30.5 Å². The molecule has 11 heavy (non-hydrogen) atoms. The molecule has 0 aromatic heterocycles. The van der Waals surface area contributed by atoms with E-state index in [1.54, 1.807) is 0 Å². The zero-order chi connectivity index (χ0) is 8.27. The molecule has 0 unspecified atom stereocenters. The second-order valence-corrected chi connectivity index (χ2v) is 2.62. The van der Waals surface area contributed by atoms with Gasteiger partial charge in [-0.15, -0.1) is 5.73 Å². The predicted octanol–water partition coefficient (Wildman–Crippen LogP) is 3.18. The maximum absolute atomic E-state index is 3.62. The van der Waals surface area contributed by atoms with Crippen LogP contribution in [0.3, 0.4) is 0 Å². The van der Waals surface area contributed by atoms with Gasteiger partial charge in [0.2, 0.25) is 0 Å². The number of aryl methyl sites for hydroxylation is 1. The summed E-state index contributed by atoms with van der Waals surface area (Å²) in [7, 11) is 0. The number of allylic oxidation sites excluding steroid dienone is 1. The first-order chi connectivity index (χ1) is 5.25. The smallest absolute Gasteiger partial charge is 0.00226 e. The largest absolute Gasteiger partial charge is 0.125 e. The summed E-state index contributed by atoms with van der Waals surface area (Å²) in [5.41, 5.74) is 6.52. The van der Waals surface area contributed by atoms with Crippen LogP contribution >= 0.6 is 0 Å². The summed E-state index contributed by atoms with van der Waals surface area (Å²) in [5, 5.41) is 0. The lowest BCUT2D eigenvalue weighted by molar-refractivity contribution is 1.41. The van der Waals surface area contributed by atoms with Crippen LogP contribution in [-0.2, 0) is 0 Å². The standard InChI is InChI=1S/C11H12/c1-4-9(2)11-8-6-5-7-10(11)3/h5-8H,1H2,2-3H3. The fraction of sp³-hybridized carbons (Fsp3) is 0.182. The Morgan fingerprint density at radius 2 is 2.00 bits per heavy atom. The van der Waals surface area contributed by atoms with Crippen molar-refractivity contribution in [3.05, 3.63) is 47.7 Å². The summed E-state index contributed by atoms with van der Waals surface area (Å²) in [5.74, 6) is 0. The zero-order valence-corrected chi connectivity index (χ0v) is 7.02. The first-order valence-corrected chi connectivity index (χ1v) is 3.68. The van der Waals surface area contributed by atoms with Crippen molar-refractivity contribution in [1.29, 1.82) is 0 Å². The minimum absolute atomic E-state index is 1.11. The third-order valence-electron chi connectivity index (χ3n) is 1.81. The van der Waals surface area contributed by atoms with E-state index >= 15 is 0 Å². The molecule has 0 aliphatic rings. The van der Waals surface area contributed by atoms with Gasteiger partial charge in [0.05, 0.1) is 0 Å². The van der Waals surface area contributed by atoms with E-state index in [1.807, 2.05) is 19.1 Å². The Balaban J connectivity index is 3.24. The zero-order valence-electron chi connectivity index (χ0n) is 7.02. The molecule has 0 heteroatoms. The van der Waals surface area contributed by atoms with Gasteiger partial charge in [-0.25, -0.2) is 0 Å². The Hall–Kier alpha value is -1.26. The summed E-state index contributed by atoms with van der Waals surface area (Å²) >= 11 is 0. The van der Waals surface area contributed by atoms with Gasteiger partial charge < -0.3 is 0 Å². The van der Waals surface area contributed by atoms with E-state index in [4.69, 9.17) is 0 Å². The van der Waals surface area contributed by atoms with E-state index in [0.29, 0.717) is 0 Å². The molecule has 1 rings (SSSR count). The predicted molar refractivity (Wildman–Crippen MR) is 49.4 cm³/mol. The van der Waals surface area contributed by atoms with Gasteiger partial charge in [0, 0.05) is 0 Å². The molecule has 56 valence electrons. The van der Waals surface area contributed by atoms with Crippen LogP contribution in [0.4, 0.5) is 0 Å². The first kappa shape index (κ1) is 7.84. The third-order valence-corrected chi connectivity index (χ3v) is 1.81. The van der Waals surface area contributed by atoms with Crippen molar-refractivity contribution >= 4 is 5.57 Å². The third kappa shape index (κ3) is 1.60. The summed E-state index contributed by atoms with van der Waals surface area (Å²) in [6.45, 7) is 7.73. The fourth-order valence-corrected chi connectivity index (χ4v) is 1.09. The Kier molecular flexibility index (Phi) is 2.30. The molecule has 0 radical (unpaired) electrons. The normalized spacial score (nSPS) is 8.91. The first-order valence-electron chi connectivity index (χ1n) is 3.68. The molecular weight excluding hydrogens is 132 g/mol. The molecule has 1 aromatic carbocycles. The van der Waals surface area contributed by atoms with Crippen molar-refractivity contribution in [2.24, 2.45) is 0 Å². The molecule has 0 nitrogen and oxygen atoms in total. The average Bonchev–Trinajstić information content (AvgIpc) is 2.04. The molecule has 0 N–H and O–H groups in total. The van der Waals surface area contributed by atoms with Crippen molar-refractivity contribution in [3.63, 3.8) is 0 Å². The highest BCUT2D eigenvalue weighted by molar-refractivity contribution is 5.65. The van der Waals surface area contributed by atoms with Gasteiger partial charge in [0.15, 0.2) is 0 Å². The van der Waals surface area contributed by atoms with Crippen molar-refractivity contribution < 1.29 is 0 Å². The summed E-state index contributed by atoms with van der Waals surface area (Å²) in [4.78, 5) is 0. The number of rotatable bonds is 1. The summed E-state index contributed by atoms with van der Waals surface area (Å²) < 4.78 is 0. The van der Waals surface area contributed by atoms with Gasteiger partial charge >= 0.3 is 0 Å². The number of hydrogen-bond donors (Lipinski definition) is 0. The highest BCUT2D eigenvalue weighted by Gasteiger charge is 1.95. The molecule has 0 saturated carbocycles. The van der Waals surface area contributed by atoms with Crippen molar-refractivity contribution in [3.8, 4) is 0 Å². The minimum atomic E-state index is 1.11. The Morgan fingerprint density at radius 1 is 1.36 bits per heavy atom. The fourth-order valence-electron chi connectivity index (χ4n) is 1.09. The van der Waals surface area contributed by atoms with Gasteiger partial charge in [0.1, 0.15) is 0 Å². The molecule has 0 amide bonds. The molecule has 0 saturated heterocycles. The second-order valence-electron chi connectivity index (χ2n) is 2.62. The van der Waals surface area contributed by atoms with E-state index in [0.717, 1.165) is 5.57 Å². The molecule has 0 bridgehead atoms. The lowest BCUT2D eigenvalue weighted by Crippen LogP contribution is -1.82. The highest BCUT2D eigenvalue weighted by Crippen LogP contribution is 2.15. The van der Waals surface area contributed by atoms with Crippen LogP contribution in [-0.4, -0.2) is 0 Å². The maximum Gasteiger partial charge on any atom is -0.00226 e. The van der Waals surface area contributed by atoms with E-state index in [-0.39, 0.29) is 0 Å². The van der Waals surface area contributed by atoms with Crippen LogP contribution in [0.2, 0.25) is 0 Å². The SMILES string of the molecule is C=C=C(C)c1ccccc1C. The topological polar surface area (TPSA) is 0 Å². The molecule has 0 heterocycles. The van der Waals surface area contributed by atoms with E-state index in [1.165, 1.54) is 11.1 Å². The van der Waals surface area contributed by atoms with Crippen molar-refractivity contribution in [2.45, 2.75) is 13.8 Å². The van der Waals surface area contributed by atoms with E-state index < -0.39 is 0 Å². The lowest BCUT2D eigenvalue weighted by Gasteiger charge is -2.01. The monoisotopic (exact) mass is 144 g/mol. The van der Waals surface area contributed by atoms with Gasteiger partial charge in [0.25, 0.3) is 0 Å². The van der Waals surface area contributed by atoms with Crippen molar-refractivity contribution in [2.75, 3.05) is 0 Å². The van der Waals surface area contributed by atoms with Crippen LogP contribution in [0.25, 0.3) is 5.57 Å². The van der Waals surface area contributed by atoms with E-state index in [9.17, 15) is 0 Å². The van der Waals surface area contributed by atoms with Gasteiger partial charge in [-0.1, -0.05) is 30.8 Å². The highest BCUT2D eigenvalue weighted by atomic mass is 14.0. The number of benzene rings is 1. The second kappa shape index (κ2) is 3.23. The minimum Gasteiger partial charge on any atom is -0.125 e. The summed E-state index contributed by atoms with van der Waals surface area (Å²) in [6.07, 6.45) is 0. The molecule has 1 aromatic rings.